The van der Waals surface area contributed by atoms with Crippen LogP contribution in [0, 0.1) is 0 Å². The van der Waals surface area contributed by atoms with E-state index in [0.717, 1.165) is 0 Å². The quantitative estimate of drug-likeness (QED) is 0.425. The molecule has 10 heavy (non-hydrogen) atoms. The molecule has 2 atom stereocenters. The monoisotopic (exact) mass is 208 g/mol. The minimum absolute atomic E-state index is 0.519. The van der Waals surface area contributed by atoms with Crippen LogP contribution in [0.3, 0.4) is 0 Å². The summed E-state index contributed by atoms with van der Waals surface area (Å²) >= 11 is 2.97. The summed E-state index contributed by atoms with van der Waals surface area (Å²) < 4.78 is 4.57. The van der Waals surface area contributed by atoms with E-state index in [2.05, 4.69) is 27.2 Å². The number of halogens is 1. The molecule has 0 aliphatic rings. The van der Waals surface area contributed by atoms with Gasteiger partial charge in [-0.05, 0) is 28.9 Å². The van der Waals surface area contributed by atoms with Crippen molar-refractivity contribution < 1.29 is 14.6 Å². The van der Waals surface area contributed by atoms with E-state index in [9.17, 15) is 4.79 Å². The van der Waals surface area contributed by atoms with Gasteiger partial charge >= 0.3 is 5.97 Å². The minimum atomic E-state index is -1.08. The summed E-state index contributed by atoms with van der Waals surface area (Å²) in [5.74, 6) is -0.665. The van der Waals surface area contributed by atoms with Gasteiger partial charge in [0.25, 0.3) is 0 Å². The molecule has 0 fully saturated rings. The van der Waals surface area contributed by atoms with Crippen LogP contribution in [0.5, 0.6) is 0 Å². The Morgan fingerprint density at radius 1 is 1.90 bits per heavy atom. The number of ether oxygens (including phenoxy) is 1. The van der Waals surface area contributed by atoms with Crippen molar-refractivity contribution in [3.63, 3.8) is 0 Å². The van der Waals surface area contributed by atoms with E-state index in [4.69, 9.17) is 5.11 Å². The van der Waals surface area contributed by atoms with Gasteiger partial charge in [0, 0.05) is 0 Å². The Kier molecular flexibility index (Phi) is 4.31. The number of alkyl halides is 1. The molecule has 0 spiro atoms. The van der Waals surface area contributed by atoms with Crippen molar-refractivity contribution in [2.24, 2.45) is 0 Å². The highest BCUT2D eigenvalue weighted by atomic mass is 79.9. The summed E-state index contributed by atoms with van der Waals surface area (Å²) in [4.78, 5) is 10.6. The lowest BCUT2D eigenvalue weighted by molar-refractivity contribution is -0.152. The number of hydrogen-bond donors (Lipinski definition) is 1. The highest BCUT2D eigenvalue weighted by Gasteiger charge is 2.12. The highest BCUT2D eigenvalue weighted by Crippen LogP contribution is 2.03. The second-order valence-electron chi connectivity index (χ2n) is 1.70. The van der Waals surface area contributed by atoms with Crippen LogP contribution in [-0.4, -0.2) is 22.2 Å². The summed E-state index contributed by atoms with van der Waals surface area (Å²) in [6.07, 6.45) is 0.320. The number of aliphatic hydroxyl groups is 1. The zero-order chi connectivity index (χ0) is 8.15. The second kappa shape index (κ2) is 4.46. The van der Waals surface area contributed by atoms with Gasteiger partial charge in [0.15, 0.2) is 5.01 Å². The van der Waals surface area contributed by atoms with Crippen molar-refractivity contribution in [1.29, 1.82) is 0 Å². The molecular weight excluding hydrogens is 200 g/mol. The number of hydrogen-bond acceptors (Lipinski definition) is 3. The Hall–Kier alpha value is -0.350. The average Bonchev–Trinajstić information content (AvgIpc) is 1.87. The zero-order valence-corrected chi connectivity index (χ0v) is 7.17. The smallest absolute Gasteiger partial charge is 0.336 e. The molecule has 4 heteroatoms. The van der Waals surface area contributed by atoms with E-state index in [0.29, 0.717) is 0 Å². The van der Waals surface area contributed by atoms with Crippen LogP contribution in [0.15, 0.2) is 12.7 Å². The van der Waals surface area contributed by atoms with Gasteiger partial charge in [-0.3, -0.25) is 0 Å². The Bertz CT molecular complexity index is 133. The summed E-state index contributed by atoms with van der Waals surface area (Å²) in [5.41, 5.74) is 0. The standard InChI is InChI=1S/C6H9BrO3/c1-3-5(7)10-6(9)4(2)8/h3-5,8H,1H2,2H3. The molecule has 0 heterocycles. The van der Waals surface area contributed by atoms with Crippen LogP contribution in [0.25, 0.3) is 0 Å². The molecule has 0 saturated heterocycles. The van der Waals surface area contributed by atoms with Crippen LogP contribution < -0.4 is 0 Å². The lowest BCUT2D eigenvalue weighted by Crippen LogP contribution is -2.21. The van der Waals surface area contributed by atoms with Gasteiger partial charge < -0.3 is 9.84 Å². The fourth-order valence-electron chi connectivity index (χ4n) is 0.258. The van der Waals surface area contributed by atoms with E-state index < -0.39 is 17.1 Å². The molecule has 0 aliphatic carbocycles. The molecule has 0 saturated carbocycles. The van der Waals surface area contributed by atoms with Crippen molar-refractivity contribution in [2.45, 2.75) is 18.0 Å². The first-order valence-corrected chi connectivity index (χ1v) is 3.64. The number of rotatable bonds is 3. The Morgan fingerprint density at radius 3 is 2.70 bits per heavy atom. The summed E-state index contributed by atoms with van der Waals surface area (Å²) in [6.45, 7) is 4.71. The largest absolute Gasteiger partial charge is 0.444 e. The lowest BCUT2D eigenvalue weighted by atomic mass is 10.4. The molecule has 0 bridgehead atoms. The Morgan fingerprint density at radius 2 is 2.40 bits per heavy atom. The van der Waals surface area contributed by atoms with E-state index >= 15 is 0 Å². The van der Waals surface area contributed by atoms with E-state index in [1.54, 1.807) is 0 Å². The molecule has 2 unspecified atom stereocenters. The van der Waals surface area contributed by atoms with Crippen molar-refractivity contribution in [3.8, 4) is 0 Å². The first kappa shape index (κ1) is 9.65. The summed E-state index contributed by atoms with van der Waals surface area (Å²) in [7, 11) is 0. The van der Waals surface area contributed by atoms with Crippen LogP contribution in [0.4, 0.5) is 0 Å². The van der Waals surface area contributed by atoms with Crippen molar-refractivity contribution >= 4 is 21.9 Å². The molecule has 3 nitrogen and oxygen atoms in total. The van der Waals surface area contributed by atoms with Crippen LogP contribution in [0.2, 0.25) is 0 Å². The number of esters is 1. The van der Waals surface area contributed by atoms with Gasteiger partial charge in [-0.1, -0.05) is 6.58 Å². The zero-order valence-electron chi connectivity index (χ0n) is 5.58. The Labute approximate surface area is 67.8 Å². The maximum absolute atomic E-state index is 10.6. The molecule has 0 aromatic heterocycles. The SMILES string of the molecule is C=CC(Br)OC(=O)C(C)O. The van der Waals surface area contributed by atoms with E-state index in [-0.39, 0.29) is 0 Å². The number of aliphatic hydroxyl groups excluding tert-OH is 1. The second-order valence-corrected chi connectivity index (χ2v) is 2.60. The van der Waals surface area contributed by atoms with Gasteiger partial charge in [-0.25, -0.2) is 4.79 Å². The molecule has 0 rings (SSSR count). The molecule has 1 N–H and O–H groups in total. The van der Waals surface area contributed by atoms with Gasteiger partial charge in [0.1, 0.15) is 6.10 Å². The molecule has 0 aliphatic heterocycles. The van der Waals surface area contributed by atoms with Crippen molar-refractivity contribution in [2.75, 3.05) is 0 Å². The minimum Gasteiger partial charge on any atom is -0.444 e. The predicted molar refractivity (Wildman–Crippen MR) is 40.7 cm³/mol. The first-order chi connectivity index (χ1) is 4.57. The van der Waals surface area contributed by atoms with Gasteiger partial charge in [0.05, 0.1) is 0 Å². The van der Waals surface area contributed by atoms with Crippen LogP contribution in [0.1, 0.15) is 6.92 Å². The third-order valence-corrected chi connectivity index (χ3v) is 1.32. The molecule has 58 valence electrons. The van der Waals surface area contributed by atoms with Crippen LogP contribution in [-0.2, 0) is 9.53 Å². The van der Waals surface area contributed by atoms with Crippen LogP contribution >= 0.6 is 15.9 Å². The Balaban J connectivity index is 3.68. The fourth-order valence-corrected chi connectivity index (χ4v) is 0.442. The van der Waals surface area contributed by atoms with Crippen molar-refractivity contribution in [1.82, 2.24) is 0 Å². The third kappa shape index (κ3) is 3.63. The lowest BCUT2D eigenvalue weighted by Gasteiger charge is -2.07. The molecule has 0 aromatic rings. The first-order valence-electron chi connectivity index (χ1n) is 2.73. The van der Waals surface area contributed by atoms with Gasteiger partial charge in [-0.15, -0.1) is 0 Å². The third-order valence-electron chi connectivity index (χ3n) is 0.755. The topological polar surface area (TPSA) is 46.5 Å². The molecular formula is C6H9BrO3. The van der Waals surface area contributed by atoms with E-state index in [1.807, 2.05) is 0 Å². The molecule has 0 aromatic carbocycles. The van der Waals surface area contributed by atoms with E-state index in [1.165, 1.54) is 13.0 Å². The molecule has 0 radical (unpaired) electrons. The number of carbonyl (C=O) groups excluding carboxylic acids is 1. The average molecular weight is 209 g/mol. The summed E-state index contributed by atoms with van der Waals surface area (Å²) in [5, 5.41) is 8.12. The molecule has 0 amide bonds. The number of carbonyl (C=O) groups is 1. The normalized spacial score (nSPS) is 15.5. The van der Waals surface area contributed by atoms with Gasteiger partial charge in [0.2, 0.25) is 0 Å². The van der Waals surface area contributed by atoms with Crippen molar-refractivity contribution in [3.05, 3.63) is 12.7 Å². The maximum Gasteiger partial charge on any atom is 0.336 e. The van der Waals surface area contributed by atoms with Gasteiger partial charge in [-0.2, -0.15) is 0 Å². The fraction of sp³-hybridized carbons (Fsp3) is 0.500. The maximum atomic E-state index is 10.6. The highest BCUT2D eigenvalue weighted by molar-refractivity contribution is 9.09. The predicted octanol–water partition coefficient (Wildman–Crippen LogP) is 0.817. The summed E-state index contributed by atoms with van der Waals surface area (Å²) in [6, 6.07) is 0.